The second kappa shape index (κ2) is 14.3. The van der Waals surface area contributed by atoms with E-state index in [-0.39, 0.29) is 0 Å². The molecule has 5 nitrogen and oxygen atoms in total. The van der Waals surface area contributed by atoms with E-state index in [0.717, 1.165) is 73.6 Å². The number of hydrogen-bond acceptors (Lipinski definition) is 5. The van der Waals surface area contributed by atoms with Crippen LogP contribution in [0.2, 0.25) is 0 Å². The van der Waals surface area contributed by atoms with E-state index in [4.69, 9.17) is 24.9 Å². The molecule has 2 fully saturated rings. The zero-order valence-corrected chi connectivity index (χ0v) is 30.5. The Labute approximate surface area is 321 Å². The molecule has 0 spiro atoms. The summed E-state index contributed by atoms with van der Waals surface area (Å²) in [5.74, 6) is 5.03. The highest BCUT2D eigenvalue weighted by Gasteiger charge is 2.40. The van der Waals surface area contributed by atoms with Gasteiger partial charge in [0.25, 0.3) is 0 Å². The van der Waals surface area contributed by atoms with Gasteiger partial charge in [0.2, 0.25) is 0 Å². The predicted molar refractivity (Wildman–Crippen MR) is 222 cm³/mol. The van der Waals surface area contributed by atoms with Crippen molar-refractivity contribution in [3.63, 3.8) is 0 Å². The molecule has 264 valence electrons. The van der Waals surface area contributed by atoms with Gasteiger partial charge in [0.1, 0.15) is 0 Å². The van der Waals surface area contributed by atoms with Crippen LogP contribution in [0.5, 0.6) is 0 Å². The van der Waals surface area contributed by atoms with E-state index in [2.05, 4.69) is 91.0 Å². The summed E-state index contributed by atoms with van der Waals surface area (Å²) in [5.41, 5.74) is 11.4. The summed E-state index contributed by atoms with van der Waals surface area (Å²) < 4.78 is 0. The molecule has 10 rings (SSSR count). The molecule has 2 aliphatic carbocycles. The van der Waals surface area contributed by atoms with Gasteiger partial charge < -0.3 is 0 Å². The van der Waals surface area contributed by atoms with Crippen molar-refractivity contribution in [3.8, 4) is 79.2 Å². The molecule has 8 aromatic rings. The molecule has 5 heteroatoms. The zero-order valence-electron chi connectivity index (χ0n) is 30.5. The minimum atomic E-state index is 0.631. The fourth-order valence-electron chi connectivity index (χ4n) is 8.67. The quantitative estimate of drug-likeness (QED) is 0.157. The normalized spacial score (nSPS) is 17.3. The Hall–Kier alpha value is -6.59. The van der Waals surface area contributed by atoms with Crippen LogP contribution in [-0.4, -0.2) is 24.9 Å². The SMILES string of the molecule is c1ccc(-c2nc(-c3cccc(-c4cccc(-c5nc(-c6ccccc6)nc(-c6ccccc6)n5)c4)c3)cc(-c3cccc(C4CC5CCC4C5)c3)n2)cc1. The van der Waals surface area contributed by atoms with Crippen molar-refractivity contribution < 1.29 is 0 Å². The van der Waals surface area contributed by atoms with Gasteiger partial charge in [-0.2, -0.15) is 0 Å². The molecule has 0 saturated heterocycles. The molecule has 0 amide bonds. The van der Waals surface area contributed by atoms with Crippen molar-refractivity contribution in [1.82, 2.24) is 24.9 Å². The Balaban J connectivity index is 1.03. The van der Waals surface area contributed by atoms with Gasteiger partial charge in [-0.05, 0) is 78.0 Å². The van der Waals surface area contributed by atoms with Gasteiger partial charge >= 0.3 is 0 Å². The largest absolute Gasteiger partial charge is 0.228 e. The van der Waals surface area contributed by atoms with Crippen LogP contribution in [0.15, 0.2) is 170 Å². The lowest BCUT2D eigenvalue weighted by Gasteiger charge is -2.22. The average Bonchev–Trinajstić information content (AvgIpc) is 3.92. The van der Waals surface area contributed by atoms with Crippen LogP contribution < -0.4 is 0 Å². The number of fused-ring (bicyclic) bond motifs is 2. The molecule has 6 aromatic carbocycles. The molecular weight excluding hydrogens is 671 g/mol. The van der Waals surface area contributed by atoms with Crippen molar-refractivity contribution in [3.05, 3.63) is 175 Å². The first-order chi connectivity index (χ1) is 27.2. The van der Waals surface area contributed by atoms with Crippen molar-refractivity contribution in [2.75, 3.05) is 0 Å². The fraction of sp³-hybridized carbons (Fsp3) is 0.140. The number of nitrogens with zero attached hydrogens (tertiary/aromatic N) is 5. The summed E-state index contributed by atoms with van der Waals surface area (Å²) in [4.78, 5) is 25.2. The van der Waals surface area contributed by atoms with Crippen LogP contribution in [0.1, 0.15) is 37.2 Å². The van der Waals surface area contributed by atoms with Gasteiger partial charge in [-0.15, -0.1) is 0 Å². The van der Waals surface area contributed by atoms with Gasteiger partial charge in [-0.25, -0.2) is 24.9 Å². The lowest BCUT2D eigenvalue weighted by molar-refractivity contribution is 0.420. The van der Waals surface area contributed by atoms with E-state index >= 15 is 0 Å². The molecule has 2 heterocycles. The lowest BCUT2D eigenvalue weighted by Crippen LogP contribution is -2.08. The molecule has 2 bridgehead atoms. The first kappa shape index (κ1) is 33.0. The lowest BCUT2D eigenvalue weighted by atomic mass is 9.83. The van der Waals surface area contributed by atoms with Crippen LogP contribution in [0.25, 0.3) is 79.2 Å². The highest BCUT2D eigenvalue weighted by molar-refractivity contribution is 5.78. The minimum absolute atomic E-state index is 0.631. The van der Waals surface area contributed by atoms with Crippen LogP contribution in [0.4, 0.5) is 0 Å². The van der Waals surface area contributed by atoms with E-state index < -0.39 is 0 Å². The second-order valence-electron chi connectivity index (χ2n) is 14.9. The number of hydrogen-bond donors (Lipinski definition) is 0. The van der Waals surface area contributed by atoms with Crippen molar-refractivity contribution in [1.29, 1.82) is 0 Å². The monoisotopic (exact) mass is 709 g/mol. The highest BCUT2D eigenvalue weighted by atomic mass is 15.0. The number of benzene rings is 6. The molecule has 2 aliphatic rings. The number of aromatic nitrogens is 5. The van der Waals surface area contributed by atoms with E-state index in [9.17, 15) is 0 Å². The molecule has 0 N–H and O–H groups in total. The first-order valence-corrected chi connectivity index (χ1v) is 19.3. The summed E-state index contributed by atoms with van der Waals surface area (Å²) in [7, 11) is 0. The maximum absolute atomic E-state index is 5.17. The third-order valence-corrected chi connectivity index (χ3v) is 11.4. The second-order valence-corrected chi connectivity index (χ2v) is 14.9. The first-order valence-electron chi connectivity index (χ1n) is 19.3. The van der Waals surface area contributed by atoms with Gasteiger partial charge in [-0.1, -0.05) is 152 Å². The third kappa shape index (κ3) is 6.74. The third-order valence-electron chi connectivity index (χ3n) is 11.4. The smallest absolute Gasteiger partial charge is 0.164 e. The van der Waals surface area contributed by atoms with Gasteiger partial charge in [0, 0.05) is 33.4 Å². The molecule has 0 radical (unpaired) electrons. The van der Waals surface area contributed by atoms with E-state index in [1.54, 1.807) is 0 Å². The molecule has 3 unspecified atom stereocenters. The Morgan fingerprint density at radius 1 is 0.327 bits per heavy atom. The highest BCUT2D eigenvalue weighted by Crippen LogP contribution is 2.53. The summed E-state index contributed by atoms with van der Waals surface area (Å²) in [6, 6.07) is 58.9. The zero-order chi connectivity index (χ0) is 36.6. The van der Waals surface area contributed by atoms with Crippen molar-refractivity contribution >= 4 is 0 Å². The summed E-state index contributed by atoms with van der Waals surface area (Å²) in [6.07, 6.45) is 5.49. The Morgan fingerprint density at radius 2 is 0.764 bits per heavy atom. The minimum Gasteiger partial charge on any atom is -0.228 e. The van der Waals surface area contributed by atoms with Gasteiger partial charge in [-0.3, -0.25) is 0 Å². The molecule has 0 aliphatic heterocycles. The van der Waals surface area contributed by atoms with E-state index in [1.807, 2.05) is 78.9 Å². The maximum atomic E-state index is 5.17. The molecule has 55 heavy (non-hydrogen) atoms. The van der Waals surface area contributed by atoms with Crippen LogP contribution in [0.3, 0.4) is 0 Å². The van der Waals surface area contributed by atoms with Crippen LogP contribution in [0, 0.1) is 11.8 Å². The topological polar surface area (TPSA) is 64.5 Å². The fourth-order valence-corrected chi connectivity index (χ4v) is 8.67. The van der Waals surface area contributed by atoms with Crippen molar-refractivity contribution in [2.45, 2.75) is 31.6 Å². The number of rotatable bonds is 8. The van der Waals surface area contributed by atoms with Gasteiger partial charge in [0.15, 0.2) is 23.3 Å². The summed E-state index contributed by atoms with van der Waals surface area (Å²) in [5, 5.41) is 0. The molecule has 3 atom stereocenters. The molecule has 2 aromatic heterocycles. The van der Waals surface area contributed by atoms with E-state index in [1.165, 1.54) is 31.2 Å². The predicted octanol–water partition coefficient (Wildman–Crippen LogP) is 12.2. The Kier molecular flexibility index (Phi) is 8.60. The maximum Gasteiger partial charge on any atom is 0.164 e. The van der Waals surface area contributed by atoms with Crippen LogP contribution >= 0.6 is 0 Å². The van der Waals surface area contributed by atoms with Crippen LogP contribution in [-0.2, 0) is 0 Å². The summed E-state index contributed by atoms with van der Waals surface area (Å²) in [6.45, 7) is 0. The molecular formula is C50H39N5. The molecule has 2 saturated carbocycles. The van der Waals surface area contributed by atoms with E-state index in [0.29, 0.717) is 23.4 Å². The Bertz CT molecular complexity index is 2570. The van der Waals surface area contributed by atoms with Gasteiger partial charge in [0.05, 0.1) is 11.4 Å². The average molecular weight is 710 g/mol. The summed E-state index contributed by atoms with van der Waals surface area (Å²) >= 11 is 0. The Morgan fingerprint density at radius 3 is 1.29 bits per heavy atom. The van der Waals surface area contributed by atoms with Crippen molar-refractivity contribution in [2.24, 2.45) is 11.8 Å². The standard InChI is InChI=1S/C50H39N5/c1-4-13-34(14-5-1)47-51-45(32-46(52-47)42-23-12-21-39(31-42)44-28-33-25-26-40(44)27-33)41-22-10-19-37(29-41)38-20-11-24-43(30-38)50-54-48(35-15-6-2-7-16-35)53-49(55-50)36-17-8-3-9-18-36/h1-24,29-33,40,44H,25-28H2.